The first kappa shape index (κ1) is 31.3. The fraction of sp³-hybridized carbons (Fsp3) is 0.714. The number of carbonyl (C=O) groups excluding carboxylic acids is 2. The van der Waals surface area contributed by atoms with Gasteiger partial charge in [0.2, 0.25) is 0 Å². The maximum atomic E-state index is 13.6. The van der Waals surface area contributed by atoms with Crippen molar-refractivity contribution in [1.29, 1.82) is 0 Å². The van der Waals surface area contributed by atoms with Crippen LogP contribution in [-0.4, -0.2) is 44.3 Å². The van der Waals surface area contributed by atoms with Crippen LogP contribution in [0.1, 0.15) is 80.6 Å². The fourth-order valence-corrected chi connectivity index (χ4v) is 4.37. The molecule has 5 unspecified atom stereocenters. The lowest BCUT2D eigenvalue weighted by Gasteiger charge is -2.37. The Kier molecular flexibility index (Phi) is 15.2. The first-order valence-corrected chi connectivity index (χ1v) is 12.2. The third-order valence-electron chi connectivity index (χ3n) is 6.70. The van der Waals surface area contributed by atoms with E-state index >= 15 is 0 Å². The molecule has 0 aliphatic carbocycles. The lowest BCUT2D eigenvalue weighted by Crippen LogP contribution is -2.46. The molecule has 5 nitrogen and oxygen atoms in total. The number of carbonyl (C=O) groups is 2. The number of ketones is 1. The van der Waals surface area contributed by atoms with Crippen molar-refractivity contribution in [3.63, 3.8) is 0 Å². The Morgan fingerprint density at radius 1 is 1.09 bits per heavy atom. The Morgan fingerprint density at radius 3 is 2.21 bits per heavy atom. The van der Waals surface area contributed by atoms with Crippen LogP contribution in [0.4, 0.5) is 0 Å². The highest BCUT2D eigenvalue weighted by atomic mass is 16.5. The van der Waals surface area contributed by atoms with Crippen LogP contribution in [0.25, 0.3) is 0 Å². The summed E-state index contributed by atoms with van der Waals surface area (Å²) in [4.78, 5) is 26.3. The van der Waals surface area contributed by atoms with Crippen molar-refractivity contribution < 1.29 is 23.8 Å². The second-order valence-corrected chi connectivity index (χ2v) is 9.52. The molecule has 0 fully saturated rings. The summed E-state index contributed by atoms with van der Waals surface area (Å²) in [7, 11) is 3.20. The Morgan fingerprint density at radius 2 is 1.73 bits per heavy atom. The largest absolute Gasteiger partial charge is 0.457 e. The van der Waals surface area contributed by atoms with Crippen molar-refractivity contribution in [2.75, 3.05) is 14.2 Å². The number of hydrogen-bond donors (Lipinski definition) is 0. The first-order valence-electron chi connectivity index (χ1n) is 12.2. The van der Waals surface area contributed by atoms with Crippen molar-refractivity contribution in [2.24, 2.45) is 17.3 Å². The summed E-state index contributed by atoms with van der Waals surface area (Å²) in [5.74, 6) is -0.441. The number of ether oxygens (including phenoxy) is 3. The number of hydrogen-bond acceptors (Lipinski definition) is 5. The highest BCUT2D eigenvalue weighted by Gasteiger charge is 2.43. The third-order valence-corrected chi connectivity index (χ3v) is 6.70. The van der Waals surface area contributed by atoms with E-state index in [2.05, 4.69) is 25.7 Å². The Bertz CT molecular complexity index is 661. The van der Waals surface area contributed by atoms with E-state index in [1.807, 2.05) is 47.6 Å². The summed E-state index contributed by atoms with van der Waals surface area (Å²) in [5.41, 5.74) is 0.0885. The van der Waals surface area contributed by atoms with Crippen LogP contribution < -0.4 is 0 Å². The molecule has 0 aromatic carbocycles. The van der Waals surface area contributed by atoms with Gasteiger partial charge in [-0.15, -0.1) is 6.58 Å². The van der Waals surface area contributed by atoms with Crippen LogP contribution in [0, 0.1) is 17.3 Å². The lowest BCUT2D eigenvalue weighted by molar-refractivity contribution is -0.156. The monoisotopic (exact) mass is 464 g/mol. The number of allylic oxidation sites excluding steroid dienone is 3. The second-order valence-electron chi connectivity index (χ2n) is 9.52. The average molecular weight is 465 g/mol. The Hall–Kier alpha value is -1.72. The van der Waals surface area contributed by atoms with E-state index in [9.17, 15) is 9.59 Å². The highest BCUT2D eigenvalue weighted by molar-refractivity contribution is 5.88. The number of Topliss-reactive ketones (excluding diaryl/α,β-unsaturated/α-hetero) is 1. The van der Waals surface area contributed by atoms with E-state index in [-0.39, 0.29) is 42.2 Å². The number of rotatable bonds is 17. The zero-order valence-corrected chi connectivity index (χ0v) is 22.5. The molecule has 0 spiro atoms. The van der Waals surface area contributed by atoms with Gasteiger partial charge in [0, 0.05) is 26.6 Å². The zero-order chi connectivity index (χ0) is 25.6. The van der Waals surface area contributed by atoms with Gasteiger partial charge < -0.3 is 14.2 Å². The molecule has 33 heavy (non-hydrogen) atoms. The SMILES string of the molecule is C=CCC(OC(=O)CC(OC)C(C)(C)C(=O)C(C)C(OC)C(C)CCCC=CC)/C(C)=C/C. The molecular formula is C28H48O5. The van der Waals surface area contributed by atoms with Crippen LogP contribution >= 0.6 is 0 Å². The predicted molar refractivity (Wildman–Crippen MR) is 136 cm³/mol. The maximum Gasteiger partial charge on any atom is 0.309 e. The molecule has 0 heterocycles. The van der Waals surface area contributed by atoms with Crippen LogP contribution in [0.3, 0.4) is 0 Å². The quantitative estimate of drug-likeness (QED) is 0.140. The van der Waals surface area contributed by atoms with Crippen molar-refractivity contribution in [2.45, 2.75) is 98.9 Å². The van der Waals surface area contributed by atoms with Gasteiger partial charge in [-0.3, -0.25) is 9.59 Å². The van der Waals surface area contributed by atoms with Crippen molar-refractivity contribution in [3.05, 3.63) is 36.5 Å². The molecule has 0 N–H and O–H groups in total. The molecule has 0 saturated carbocycles. The molecule has 0 aliphatic rings. The standard InChI is InChI=1S/C28H48O5/c1-11-14-15-16-18-21(5)26(32-10)22(6)27(30)28(7,8)24(31-9)19-25(29)33-23(17-12-2)20(4)13-3/h11-14,21-24,26H,2,15-19H2,1,3-10H3/b14-11?,20-13+. The minimum Gasteiger partial charge on any atom is -0.457 e. The topological polar surface area (TPSA) is 61.8 Å². The summed E-state index contributed by atoms with van der Waals surface area (Å²) < 4.78 is 17.1. The highest BCUT2D eigenvalue weighted by Crippen LogP contribution is 2.34. The molecule has 0 aliphatic heterocycles. The molecule has 0 saturated heterocycles. The minimum atomic E-state index is -0.877. The maximum absolute atomic E-state index is 13.6. The molecule has 0 amide bonds. The minimum absolute atomic E-state index is 0.00313. The smallest absolute Gasteiger partial charge is 0.309 e. The van der Waals surface area contributed by atoms with Crippen LogP contribution in [0.15, 0.2) is 36.5 Å². The van der Waals surface area contributed by atoms with E-state index in [4.69, 9.17) is 14.2 Å². The third kappa shape index (κ3) is 9.97. The number of methoxy groups -OCH3 is 2. The predicted octanol–water partition coefficient (Wildman–Crippen LogP) is 6.47. The molecule has 0 aromatic rings. The summed E-state index contributed by atoms with van der Waals surface area (Å²) in [6.07, 6.45) is 10.3. The van der Waals surface area contributed by atoms with Crippen molar-refractivity contribution in [1.82, 2.24) is 0 Å². The van der Waals surface area contributed by atoms with E-state index in [1.165, 1.54) is 7.11 Å². The number of unbranched alkanes of at least 4 members (excludes halogenated alkanes) is 1. The first-order chi connectivity index (χ1) is 15.5. The van der Waals surface area contributed by atoms with Crippen LogP contribution in [0.5, 0.6) is 0 Å². The Labute approximate surface area is 202 Å². The zero-order valence-electron chi connectivity index (χ0n) is 22.5. The summed E-state index contributed by atoms with van der Waals surface area (Å²) >= 11 is 0. The molecule has 0 rings (SSSR count). The molecule has 0 aromatic heterocycles. The van der Waals surface area contributed by atoms with Crippen LogP contribution in [0.2, 0.25) is 0 Å². The van der Waals surface area contributed by atoms with Gasteiger partial charge in [0.05, 0.1) is 24.0 Å². The van der Waals surface area contributed by atoms with Gasteiger partial charge in [-0.25, -0.2) is 0 Å². The molecule has 5 heteroatoms. The second kappa shape index (κ2) is 16.0. The van der Waals surface area contributed by atoms with E-state index in [0.29, 0.717) is 6.42 Å². The van der Waals surface area contributed by atoms with Gasteiger partial charge in [0.25, 0.3) is 0 Å². The summed E-state index contributed by atoms with van der Waals surface area (Å²) in [5, 5.41) is 0. The van der Waals surface area contributed by atoms with Crippen molar-refractivity contribution in [3.8, 4) is 0 Å². The van der Waals surface area contributed by atoms with Gasteiger partial charge >= 0.3 is 5.97 Å². The van der Waals surface area contributed by atoms with E-state index in [0.717, 1.165) is 24.8 Å². The van der Waals surface area contributed by atoms with Crippen molar-refractivity contribution >= 4 is 11.8 Å². The van der Waals surface area contributed by atoms with Gasteiger partial charge in [0.15, 0.2) is 0 Å². The molecule has 190 valence electrons. The van der Waals surface area contributed by atoms with Gasteiger partial charge in [-0.2, -0.15) is 0 Å². The van der Waals surface area contributed by atoms with Gasteiger partial charge in [-0.05, 0) is 51.5 Å². The summed E-state index contributed by atoms with van der Waals surface area (Å²) in [6.45, 7) is 17.3. The van der Waals surface area contributed by atoms with E-state index in [1.54, 1.807) is 13.2 Å². The summed E-state index contributed by atoms with van der Waals surface area (Å²) in [6, 6.07) is 0. The Balaban J connectivity index is 5.34. The molecule has 5 atom stereocenters. The molecule has 0 bridgehead atoms. The van der Waals surface area contributed by atoms with Crippen LogP contribution in [-0.2, 0) is 23.8 Å². The number of esters is 1. The van der Waals surface area contributed by atoms with Gasteiger partial charge in [-0.1, -0.05) is 52.0 Å². The normalized spacial score (nSPS) is 17.3. The average Bonchev–Trinajstić information content (AvgIpc) is 2.79. The molecular weight excluding hydrogens is 416 g/mol. The molecule has 0 radical (unpaired) electrons. The van der Waals surface area contributed by atoms with E-state index < -0.39 is 11.5 Å². The lowest BCUT2D eigenvalue weighted by atomic mass is 9.72. The fourth-order valence-electron chi connectivity index (χ4n) is 4.37. The van der Waals surface area contributed by atoms with Gasteiger partial charge in [0.1, 0.15) is 11.9 Å².